The summed E-state index contributed by atoms with van der Waals surface area (Å²) in [5.74, 6) is 1.24. The van der Waals surface area contributed by atoms with Gasteiger partial charge in [0, 0.05) is 18.0 Å². The molecule has 2 N–H and O–H groups in total. The van der Waals surface area contributed by atoms with E-state index in [4.69, 9.17) is 10.3 Å². The van der Waals surface area contributed by atoms with Gasteiger partial charge in [-0.2, -0.15) is 4.98 Å². The van der Waals surface area contributed by atoms with Crippen molar-refractivity contribution in [3.8, 4) is 11.4 Å². The topological polar surface area (TPSA) is 64.9 Å². The van der Waals surface area contributed by atoms with Crippen molar-refractivity contribution >= 4 is 0 Å². The van der Waals surface area contributed by atoms with Crippen LogP contribution in [-0.4, -0.2) is 16.2 Å². The molecule has 3 rings (SSSR count). The molecule has 1 aromatic carbocycles. The van der Waals surface area contributed by atoms with Gasteiger partial charge in [0.1, 0.15) is 5.82 Å². The molecule has 4 nitrogen and oxygen atoms in total. The first-order chi connectivity index (χ1) is 9.13. The zero-order valence-electron chi connectivity index (χ0n) is 10.8. The Labute approximate surface area is 110 Å². The summed E-state index contributed by atoms with van der Waals surface area (Å²) in [4.78, 5) is 4.31. The third kappa shape index (κ3) is 2.66. The summed E-state index contributed by atoms with van der Waals surface area (Å²) < 4.78 is 18.5. The standard InChI is InChI=1S/C14H16FN3O/c1-8-2-5-10(15)6-11(8)14-17-13(19-18-14)7-12(16)9-3-4-9/h2,5-6,9,12H,3-4,7,16H2,1H3. The molecule has 1 saturated carbocycles. The smallest absolute Gasteiger partial charge is 0.228 e. The lowest BCUT2D eigenvalue weighted by atomic mass is 10.1. The van der Waals surface area contributed by atoms with Crippen LogP contribution in [0.3, 0.4) is 0 Å². The van der Waals surface area contributed by atoms with E-state index in [0.717, 1.165) is 5.56 Å². The molecule has 1 aliphatic carbocycles. The molecule has 1 atom stereocenters. The molecule has 5 heteroatoms. The van der Waals surface area contributed by atoms with Crippen molar-refractivity contribution in [3.05, 3.63) is 35.5 Å². The fraction of sp³-hybridized carbons (Fsp3) is 0.429. The van der Waals surface area contributed by atoms with E-state index in [9.17, 15) is 4.39 Å². The Hall–Kier alpha value is -1.75. The lowest BCUT2D eigenvalue weighted by molar-refractivity contribution is 0.364. The normalized spacial score (nSPS) is 16.6. The van der Waals surface area contributed by atoms with Crippen molar-refractivity contribution < 1.29 is 8.91 Å². The summed E-state index contributed by atoms with van der Waals surface area (Å²) in [5, 5.41) is 3.91. The van der Waals surface area contributed by atoms with Crippen LogP contribution in [0.2, 0.25) is 0 Å². The third-order valence-corrected chi connectivity index (χ3v) is 3.55. The highest BCUT2D eigenvalue weighted by atomic mass is 19.1. The van der Waals surface area contributed by atoms with Crippen LogP contribution in [0.25, 0.3) is 11.4 Å². The van der Waals surface area contributed by atoms with Crippen molar-refractivity contribution in [3.63, 3.8) is 0 Å². The zero-order chi connectivity index (χ0) is 13.4. The molecule has 100 valence electrons. The number of hydrogen-bond acceptors (Lipinski definition) is 4. The number of rotatable bonds is 4. The second kappa shape index (κ2) is 4.74. The van der Waals surface area contributed by atoms with Crippen molar-refractivity contribution in [2.45, 2.75) is 32.2 Å². The van der Waals surface area contributed by atoms with Gasteiger partial charge in [-0.1, -0.05) is 11.2 Å². The largest absolute Gasteiger partial charge is 0.339 e. The summed E-state index contributed by atoms with van der Waals surface area (Å²) in [7, 11) is 0. The third-order valence-electron chi connectivity index (χ3n) is 3.55. The average Bonchev–Trinajstić information content (AvgIpc) is 3.14. The van der Waals surface area contributed by atoms with Gasteiger partial charge in [0.2, 0.25) is 11.7 Å². The molecule has 19 heavy (non-hydrogen) atoms. The van der Waals surface area contributed by atoms with Gasteiger partial charge in [-0.15, -0.1) is 0 Å². The minimum atomic E-state index is -0.304. The van der Waals surface area contributed by atoms with Crippen molar-refractivity contribution in [1.29, 1.82) is 0 Å². The van der Waals surface area contributed by atoms with E-state index in [0.29, 0.717) is 29.6 Å². The van der Waals surface area contributed by atoms with Crippen molar-refractivity contribution in [1.82, 2.24) is 10.1 Å². The Morgan fingerprint density at radius 2 is 2.26 bits per heavy atom. The van der Waals surface area contributed by atoms with Crippen LogP contribution >= 0.6 is 0 Å². The van der Waals surface area contributed by atoms with E-state index in [1.54, 1.807) is 6.07 Å². The summed E-state index contributed by atoms with van der Waals surface area (Å²) in [6.07, 6.45) is 2.96. The van der Waals surface area contributed by atoms with Crippen LogP contribution in [0.4, 0.5) is 4.39 Å². The molecule has 1 aliphatic rings. The number of nitrogens with zero attached hydrogens (tertiary/aromatic N) is 2. The van der Waals surface area contributed by atoms with Crippen LogP contribution in [-0.2, 0) is 6.42 Å². The monoisotopic (exact) mass is 261 g/mol. The van der Waals surface area contributed by atoms with E-state index >= 15 is 0 Å². The average molecular weight is 261 g/mol. The van der Waals surface area contributed by atoms with Gasteiger partial charge >= 0.3 is 0 Å². The molecule has 0 spiro atoms. The van der Waals surface area contributed by atoms with Crippen molar-refractivity contribution in [2.75, 3.05) is 0 Å². The van der Waals surface area contributed by atoms with E-state index in [1.807, 2.05) is 6.92 Å². The molecule has 0 amide bonds. The Bertz CT molecular complexity index is 592. The highest BCUT2D eigenvalue weighted by Gasteiger charge is 2.29. The number of hydrogen-bond donors (Lipinski definition) is 1. The van der Waals surface area contributed by atoms with Crippen LogP contribution in [0, 0.1) is 18.7 Å². The predicted octanol–water partition coefficient (Wildman–Crippen LogP) is 2.46. The maximum atomic E-state index is 13.3. The minimum Gasteiger partial charge on any atom is -0.339 e. The number of aryl methyl sites for hydroxylation is 1. The van der Waals surface area contributed by atoms with Gasteiger partial charge < -0.3 is 10.3 Å². The molecule has 0 saturated heterocycles. The maximum Gasteiger partial charge on any atom is 0.228 e. The maximum absolute atomic E-state index is 13.3. The first kappa shape index (κ1) is 12.3. The van der Waals surface area contributed by atoms with E-state index in [-0.39, 0.29) is 11.9 Å². The van der Waals surface area contributed by atoms with Crippen LogP contribution in [0.1, 0.15) is 24.3 Å². The van der Waals surface area contributed by atoms with E-state index < -0.39 is 0 Å². The lowest BCUT2D eigenvalue weighted by Crippen LogP contribution is -2.25. The highest BCUT2D eigenvalue weighted by molar-refractivity contribution is 5.59. The first-order valence-corrected chi connectivity index (χ1v) is 6.48. The fourth-order valence-electron chi connectivity index (χ4n) is 2.17. The summed E-state index contributed by atoms with van der Waals surface area (Å²) in [6.45, 7) is 1.89. The Morgan fingerprint density at radius 1 is 1.47 bits per heavy atom. The van der Waals surface area contributed by atoms with Gasteiger partial charge in [-0.05, 0) is 43.4 Å². The highest BCUT2D eigenvalue weighted by Crippen LogP contribution is 2.33. The Morgan fingerprint density at radius 3 is 3.00 bits per heavy atom. The number of benzene rings is 1. The van der Waals surface area contributed by atoms with Gasteiger partial charge in [0.25, 0.3) is 0 Å². The number of halogens is 1. The Balaban J connectivity index is 1.81. The van der Waals surface area contributed by atoms with Crippen LogP contribution in [0.15, 0.2) is 22.7 Å². The fourth-order valence-corrected chi connectivity index (χ4v) is 2.17. The molecule has 0 radical (unpaired) electrons. The van der Waals surface area contributed by atoms with Crippen LogP contribution < -0.4 is 5.73 Å². The second-order valence-corrected chi connectivity index (χ2v) is 5.18. The molecule has 0 bridgehead atoms. The number of aromatic nitrogens is 2. The van der Waals surface area contributed by atoms with E-state index in [1.165, 1.54) is 25.0 Å². The molecule has 0 aliphatic heterocycles. The quantitative estimate of drug-likeness (QED) is 0.918. The predicted molar refractivity (Wildman–Crippen MR) is 68.8 cm³/mol. The molecule has 2 aromatic rings. The lowest BCUT2D eigenvalue weighted by Gasteiger charge is -2.04. The van der Waals surface area contributed by atoms with Gasteiger partial charge in [0.05, 0.1) is 0 Å². The summed E-state index contributed by atoms with van der Waals surface area (Å²) >= 11 is 0. The summed E-state index contributed by atoms with van der Waals surface area (Å²) in [6, 6.07) is 4.63. The second-order valence-electron chi connectivity index (χ2n) is 5.18. The molecular weight excluding hydrogens is 245 g/mol. The molecular formula is C14H16FN3O. The summed E-state index contributed by atoms with van der Waals surface area (Å²) in [5.41, 5.74) is 7.60. The molecule has 1 fully saturated rings. The van der Waals surface area contributed by atoms with Gasteiger partial charge in [-0.25, -0.2) is 4.39 Å². The Kier molecular flexibility index (Phi) is 3.06. The van der Waals surface area contributed by atoms with Crippen LogP contribution in [0.5, 0.6) is 0 Å². The van der Waals surface area contributed by atoms with Gasteiger partial charge in [-0.3, -0.25) is 0 Å². The molecule has 1 unspecified atom stereocenters. The first-order valence-electron chi connectivity index (χ1n) is 6.48. The molecule has 1 aromatic heterocycles. The number of nitrogens with two attached hydrogens (primary N) is 1. The van der Waals surface area contributed by atoms with Gasteiger partial charge in [0.15, 0.2) is 0 Å². The molecule has 1 heterocycles. The minimum absolute atomic E-state index is 0.0851. The zero-order valence-corrected chi connectivity index (χ0v) is 10.8. The van der Waals surface area contributed by atoms with Crippen molar-refractivity contribution in [2.24, 2.45) is 11.7 Å². The SMILES string of the molecule is Cc1ccc(F)cc1-c1noc(CC(N)C2CC2)n1. The van der Waals surface area contributed by atoms with E-state index in [2.05, 4.69) is 10.1 Å².